The lowest BCUT2D eigenvalue weighted by Crippen LogP contribution is -2.19. The largest absolute Gasteiger partial charge is 0.389 e. The van der Waals surface area contributed by atoms with E-state index in [2.05, 4.69) is 31.3 Å². The van der Waals surface area contributed by atoms with Gasteiger partial charge in [-0.1, -0.05) is 28.1 Å². The number of thiazole rings is 1. The molecule has 0 fully saturated rings. The van der Waals surface area contributed by atoms with Crippen molar-refractivity contribution in [2.75, 3.05) is 5.32 Å². The van der Waals surface area contributed by atoms with Crippen LogP contribution in [0.3, 0.4) is 0 Å². The highest BCUT2D eigenvalue weighted by Crippen LogP contribution is 2.26. The second-order valence-electron chi connectivity index (χ2n) is 4.73. The van der Waals surface area contributed by atoms with E-state index < -0.39 is 4.92 Å². The third-order valence-electron chi connectivity index (χ3n) is 2.99. The van der Waals surface area contributed by atoms with Crippen molar-refractivity contribution in [3.63, 3.8) is 0 Å². The van der Waals surface area contributed by atoms with Gasteiger partial charge in [0.05, 0.1) is 23.1 Å². The number of hydrogen-bond acceptors (Lipinski definition) is 6. The average Bonchev–Trinajstić information content (AvgIpc) is 3.17. The van der Waals surface area contributed by atoms with Crippen molar-refractivity contribution >= 4 is 44.1 Å². The molecule has 24 heavy (non-hydrogen) atoms. The molecule has 0 bridgehead atoms. The van der Waals surface area contributed by atoms with E-state index in [1.54, 1.807) is 0 Å². The number of amides is 1. The molecule has 3 rings (SSSR count). The van der Waals surface area contributed by atoms with E-state index in [0.717, 1.165) is 15.7 Å². The molecule has 0 saturated carbocycles. The summed E-state index contributed by atoms with van der Waals surface area (Å²) in [4.78, 5) is 26.3. The summed E-state index contributed by atoms with van der Waals surface area (Å²) in [6, 6.07) is 8.92. The maximum atomic E-state index is 12.0. The summed E-state index contributed by atoms with van der Waals surface area (Å²) in [7, 11) is 0. The molecule has 0 unspecified atom stereocenters. The fourth-order valence-corrected chi connectivity index (χ4v) is 3.09. The molecule has 0 aliphatic rings. The molecule has 0 aliphatic heterocycles. The zero-order chi connectivity index (χ0) is 17.1. The van der Waals surface area contributed by atoms with Gasteiger partial charge in [0.2, 0.25) is 5.91 Å². The van der Waals surface area contributed by atoms with Crippen molar-refractivity contribution in [3.8, 4) is 11.3 Å². The number of carbonyl (C=O) groups is 1. The van der Waals surface area contributed by atoms with E-state index in [1.807, 2.05) is 29.6 Å². The minimum absolute atomic E-state index is 0.125. The highest BCUT2D eigenvalue weighted by atomic mass is 79.9. The summed E-state index contributed by atoms with van der Waals surface area (Å²) in [6.07, 6.45) is 1.38. The van der Waals surface area contributed by atoms with Gasteiger partial charge in [-0.2, -0.15) is 4.68 Å². The zero-order valence-electron chi connectivity index (χ0n) is 12.0. The van der Waals surface area contributed by atoms with Gasteiger partial charge in [0.1, 0.15) is 6.54 Å². The van der Waals surface area contributed by atoms with Crippen LogP contribution in [0.15, 0.2) is 46.4 Å². The minimum Gasteiger partial charge on any atom is -0.358 e. The molecule has 0 saturated heterocycles. The summed E-state index contributed by atoms with van der Waals surface area (Å²) in [6.45, 7) is -0.125. The first-order chi connectivity index (χ1) is 11.5. The molecule has 1 amide bonds. The van der Waals surface area contributed by atoms with Gasteiger partial charge in [-0.05, 0) is 17.1 Å². The molecule has 0 aliphatic carbocycles. The minimum atomic E-state index is -0.612. The Morgan fingerprint density at radius 1 is 1.42 bits per heavy atom. The fourth-order valence-electron chi connectivity index (χ4n) is 1.95. The van der Waals surface area contributed by atoms with Gasteiger partial charge in [-0.3, -0.25) is 4.79 Å². The van der Waals surface area contributed by atoms with Crippen molar-refractivity contribution in [2.24, 2.45) is 0 Å². The Kier molecular flexibility index (Phi) is 4.67. The van der Waals surface area contributed by atoms with Crippen LogP contribution >= 0.6 is 27.3 Å². The Labute approximate surface area is 148 Å². The molecule has 1 aromatic carbocycles. The smallest absolute Gasteiger partial charge is 0.358 e. The van der Waals surface area contributed by atoms with Gasteiger partial charge in [-0.25, -0.2) is 4.98 Å². The van der Waals surface area contributed by atoms with Crippen LogP contribution in [0.1, 0.15) is 0 Å². The molecule has 0 spiro atoms. The van der Waals surface area contributed by atoms with E-state index in [0.29, 0.717) is 5.13 Å². The van der Waals surface area contributed by atoms with Crippen molar-refractivity contribution in [3.05, 3.63) is 56.5 Å². The van der Waals surface area contributed by atoms with E-state index in [1.165, 1.54) is 28.3 Å². The van der Waals surface area contributed by atoms with Gasteiger partial charge in [-0.15, -0.1) is 11.3 Å². The number of halogens is 1. The van der Waals surface area contributed by atoms with E-state index >= 15 is 0 Å². The molecule has 10 heteroatoms. The molecule has 0 atom stereocenters. The van der Waals surface area contributed by atoms with Crippen LogP contribution in [0.2, 0.25) is 0 Å². The Morgan fingerprint density at radius 2 is 2.25 bits per heavy atom. The number of nitrogens with one attached hydrogen (secondary N) is 1. The lowest BCUT2D eigenvalue weighted by atomic mass is 10.2. The van der Waals surface area contributed by atoms with Crippen LogP contribution in [0.4, 0.5) is 10.9 Å². The summed E-state index contributed by atoms with van der Waals surface area (Å²) in [5, 5.41) is 19.2. The van der Waals surface area contributed by atoms with Crippen molar-refractivity contribution in [2.45, 2.75) is 6.54 Å². The number of nitrogens with zero attached hydrogens (tertiary/aromatic N) is 4. The maximum Gasteiger partial charge on any atom is 0.389 e. The first kappa shape index (κ1) is 16.3. The second-order valence-corrected chi connectivity index (χ2v) is 6.50. The molecule has 3 aromatic rings. The summed E-state index contributed by atoms with van der Waals surface area (Å²) < 4.78 is 2.15. The van der Waals surface area contributed by atoms with Gasteiger partial charge < -0.3 is 15.4 Å². The van der Waals surface area contributed by atoms with Crippen LogP contribution in [0.25, 0.3) is 11.3 Å². The third-order valence-corrected chi connectivity index (χ3v) is 4.24. The third kappa shape index (κ3) is 3.84. The molecule has 8 nitrogen and oxygen atoms in total. The second kappa shape index (κ2) is 6.89. The number of aromatic nitrogens is 3. The molecule has 1 N–H and O–H groups in total. The predicted octanol–water partition coefficient (Wildman–Crippen LogP) is 3.32. The Hall–Kier alpha value is -2.59. The van der Waals surface area contributed by atoms with E-state index in [9.17, 15) is 14.9 Å². The quantitative estimate of drug-likeness (QED) is 0.515. The first-order valence-electron chi connectivity index (χ1n) is 6.70. The molecular weight excluding hydrogens is 398 g/mol. The van der Waals surface area contributed by atoms with Crippen LogP contribution in [-0.2, 0) is 11.3 Å². The van der Waals surface area contributed by atoms with Crippen molar-refractivity contribution < 1.29 is 9.72 Å². The van der Waals surface area contributed by atoms with Gasteiger partial charge >= 0.3 is 5.82 Å². The lowest BCUT2D eigenvalue weighted by molar-refractivity contribution is -0.389. The van der Waals surface area contributed by atoms with E-state index in [4.69, 9.17) is 0 Å². The maximum absolute atomic E-state index is 12.0. The highest BCUT2D eigenvalue weighted by molar-refractivity contribution is 9.10. The van der Waals surface area contributed by atoms with Crippen LogP contribution in [0.5, 0.6) is 0 Å². The highest BCUT2D eigenvalue weighted by Gasteiger charge is 2.14. The molecular formula is C14H10BrN5O3S. The lowest BCUT2D eigenvalue weighted by Gasteiger charge is -2.00. The standard InChI is InChI=1S/C14H10BrN5O3S/c15-10-3-1-2-9(6-10)11-8-24-14(16-11)17-13(21)7-19-5-4-12(18-19)20(22)23/h1-6,8H,7H2,(H,16,17,21). The number of rotatable bonds is 5. The Morgan fingerprint density at radius 3 is 2.96 bits per heavy atom. The molecule has 2 heterocycles. The molecule has 0 radical (unpaired) electrons. The summed E-state index contributed by atoms with van der Waals surface area (Å²) in [5.41, 5.74) is 1.69. The van der Waals surface area contributed by atoms with Gasteiger partial charge in [0.25, 0.3) is 0 Å². The van der Waals surface area contributed by atoms with Crippen LogP contribution in [0, 0.1) is 10.1 Å². The van der Waals surface area contributed by atoms with Gasteiger partial charge in [0, 0.05) is 15.4 Å². The first-order valence-corrected chi connectivity index (χ1v) is 8.38. The number of hydrogen-bond donors (Lipinski definition) is 1. The monoisotopic (exact) mass is 407 g/mol. The van der Waals surface area contributed by atoms with Gasteiger partial charge in [0.15, 0.2) is 5.13 Å². The SMILES string of the molecule is O=C(Cn1ccc([N+](=O)[O-])n1)Nc1nc(-c2cccc(Br)c2)cs1. The number of nitro groups is 1. The van der Waals surface area contributed by atoms with Crippen LogP contribution in [-0.4, -0.2) is 25.6 Å². The number of anilines is 1. The number of benzene rings is 1. The van der Waals surface area contributed by atoms with Crippen molar-refractivity contribution in [1.29, 1.82) is 0 Å². The summed E-state index contributed by atoms with van der Waals surface area (Å²) >= 11 is 4.71. The Balaban J connectivity index is 1.65. The topological polar surface area (TPSA) is 103 Å². The predicted molar refractivity (Wildman–Crippen MR) is 92.8 cm³/mol. The van der Waals surface area contributed by atoms with Crippen LogP contribution < -0.4 is 5.32 Å². The normalized spacial score (nSPS) is 10.5. The Bertz CT molecular complexity index is 907. The van der Waals surface area contributed by atoms with E-state index in [-0.39, 0.29) is 18.3 Å². The number of carbonyl (C=O) groups excluding carboxylic acids is 1. The van der Waals surface area contributed by atoms with Crippen molar-refractivity contribution in [1.82, 2.24) is 14.8 Å². The summed E-state index contributed by atoms with van der Waals surface area (Å²) in [5.74, 6) is -0.655. The average molecular weight is 408 g/mol. The molecule has 2 aromatic heterocycles. The molecule has 122 valence electrons. The zero-order valence-corrected chi connectivity index (χ0v) is 14.5. The fraction of sp³-hybridized carbons (Fsp3) is 0.0714.